The second kappa shape index (κ2) is 8.34. The molecule has 0 radical (unpaired) electrons. The van der Waals surface area contributed by atoms with E-state index in [9.17, 15) is 0 Å². The molecule has 0 bridgehead atoms. The van der Waals surface area contributed by atoms with E-state index in [0.717, 1.165) is 13.1 Å². The van der Waals surface area contributed by atoms with Crippen molar-refractivity contribution in [2.45, 2.75) is 52.5 Å². The fourth-order valence-electron chi connectivity index (χ4n) is 2.49. The highest BCUT2D eigenvalue weighted by atomic mass is 15.2. The van der Waals surface area contributed by atoms with Crippen LogP contribution >= 0.6 is 0 Å². The minimum atomic E-state index is 0.359. The summed E-state index contributed by atoms with van der Waals surface area (Å²) in [6, 6.07) is 9.35. The molecule has 0 aromatic heterocycles. The van der Waals surface area contributed by atoms with Crippen molar-refractivity contribution >= 4 is 0 Å². The van der Waals surface area contributed by atoms with Gasteiger partial charge in [-0.2, -0.15) is 0 Å². The molecule has 1 unspecified atom stereocenters. The molecular formula is C17H30N2. The lowest BCUT2D eigenvalue weighted by molar-refractivity contribution is 0.209. The quantitative estimate of drug-likeness (QED) is 0.769. The molecule has 0 saturated heterocycles. The minimum absolute atomic E-state index is 0.359. The van der Waals surface area contributed by atoms with Gasteiger partial charge in [-0.15, -0.1) is 0 Å². The summed E-state index contributed by atoms with van der Waals surface area (Å²) in [7, 11) is 0. The second-order valence-corrected chi connectivity index (χ2v) is 5.56. The lowest BCUT2D eigenvalue weighted by atomic mass is 9.98. The fraction of sp³-hybridized carbons (Fsp3) is 0.647. The van der Waals surface area contributed by atoms with Crippen LogP contribution in [0.15, 0.2) is 24.3 Å². The number of hydrogen-bond acceptors (Lipinski definition) is 2. The number of rotatable bonds is 8. The van der Waals surface area contributed by atoms with Crippen LogP contribution in [0.2, 0.25) is 0 Å². The van der Waals surface area contributed by atoms with Gasteiger partial charge in [-0.3, -0.25) is 4.90 Å². The third-order valence-electron chi connectivity index (χ3n) is 3.86. The largest absolute Gasteiger partial charge is 0.329 e. The molecule has 2 heteroatoms. The van der Waals surface area contributed by atoms with Crippen LogP contribution in [0.5, 0.6) is 0 Å². The summed E-state index contributed by atoms with van der Waals surface area (Å²) < 4.78 is 0. The van der Waals surface area contributed by atoms with E-state index in [0.29, 0.717) is 18.5 Å². The first-order valence-electron chi connectivity index (χ1n) is 7.67. The number of hydrogen-bond donors (Lipinski definition) is 1. The zero-order chi connectivity index (χ0) is 14.3. The van der Waals surface area contributed by atoms with Gasteiger partial charge < -0.3 is 5.73 Å². The Morgan fingerprint density at radius 2 is 1.63 bits per heavy atom. The van der Waals surface area contributed by atoms with Gasteiger partial charge in [0, 0.05) is 12.6 Å². The van der Waals surface area contributed by atoms with Crippen LogP contribution in [0.25, 0.3) is 0 Å². The molecule has 0 aliphatic rings. The van der Waals surface area contributed by atoms with Gasteiger partial charge in [-0.25, -0.2) is 0 Å². The molecule has 0 amide bonds. The van der Waals surface area contributed by atoms with Crippen LogP contribution in [0.1, 0.15) is 63.6 Å². The third kappa shape index (κ3) is 4.63. The molecule has 19 heavy (non-hydrogen) atoms. The molecule has 108 valence electrons. The summed E-state index contributed by atoms with van der Waals surface area (Å²) in [6.07, 6.45) is 2.48. The van der Waals surface area contributed by atoms with Crippen molar-refractivity contribution in [3.05, 3.63) is 35.4 Å². The van der Waals surface area contributed by atoms with Gasteiger partial charge in [-0.05, 0) is 36.6 Å². The van der Waals surface area contributed by atoms with Crippen molar-refractivity contribution in [1.29, 1.82) is 0 Å². The second-order valence-electron chi connectivity index (χ2n) is 5.56. The zero-order valence-corrected chi connectivity index (χ0v) is 13.0. The van der Waals surface area contributed by atoms with Crippen molar-refractivity contribution in [3.63, 3.8) is 0 Å². The Morgan fingerprint density at radius 3 is 2.05 bits per heavy atom. The van der Waals surface area contributed by atoms with E-state index in [2.05, 4.69) is 56.9 Å². The lowest BCUT2D eigenvalue weighted by Crippen LogP contribution is -2.34. The van der Waals surface area contributed by atoms with Gasteiger partial charge in [0.25, 0.3) is 0 Å². The van der Waals surface area contributed by atoms with Crippen LogP contribution in [0.3, 0.4) is 0 Å². The fourth-order valence-corrected chi connectivity index (χ4v) is 2.49. The molecule has 2 N–H and O–H groups in total. The maximum absolute atomic E-state index is 6.01. The van der Waals surface area contributed by atoms with E-state index in [1.54, 1.807) is 0 Å². The summed E-state index contributed by atoms with van der Waals surface area (Å²) >= 11 is 0. The molecule has 0 heterocycles. The smallest absolute Gasteiger partial charge is 0.0470 e. The Kier molecular flexibility index (Phi) is 7.11. The van der Waals surface area contributed by atoms with Crippen molar-refractivity contribution in [1.82, 2.24) is 4.90 Å². The maximum atomic E-state index is 6.01. The molecule has 0 fully saturated rings. The summed E-state index contributed by atoms with van der Waals surface area (Å²) in [6.45, 7) is 11.8. The Morgan fingerprint density at radius 1 is 1.05 bits per heavy atom. The lowest BCUT2D eigenvalue weighted by Gasteiger charge is -2.30. The zero-order valence-electron chi connectivity index (χ0n) is 13.0. The molecule has 2 nitrogen and oxygen atoms in total. The molecule has 0 spiro atoms. The normalized spacial score (nSPS) is 13.2. The molecule has 0 saturated carbocycles. The van der Waals surface area contributed by atoms with Crippen LogP contribution in [-0.4, -0.2) is 24.5 Å². The van der Waals surface area contributed by atoms with Crippen LogP contribution < -0.4 is 5.73 Å². The first kappa shape index (κ1) is 16.2. The van der Waals surface area contributed by atoms with Gasteiger partial charge in [0.2, 0.25) is 0 Å². The average molecular weight is 262 g/mol. The van der Waals surface area contributed by atoms with E-state index in [1.165, 1.54) is 24.0 Å². The number of nitrogens with zero attached hydrogens (tertiary/aromatic N) is 1. The Labute approximate surface area is 119 Å². The van der Waals surface area contributed by atoms with Crippen molar-refractivity contribution in [2.24, 2.45) is 5.73 Å². The van der Waals surface area contributed by atoms with Crippen molar-refractivity contribution < 1.29 is 0 Å². The van der Waals surface area contributed by atoms with Gasteiger partial charge in [-0.1, -0.05) is 58.4 Å². The van der Waals surface area contributed by atoms with Crippen LogP contribution in [-0.2, 0) is 0 Å². The number of likely N-dealkylation sites (N-methyl/N-ethyl adjacent to an activating group) is 1. The number of nitrogens with two attached hydrogens (primary N) is 1. The van der Waals surface area contributed by atoms with Gasteiger partial charge >= 0.3 is 0 Å². The molecule has 1 atom stereocenters. The standard InChI is InChI=1S/C17H30N2/c1-5-7-12-19(6-2)17(13-18)16-10-8-15(9-11-16)14(3)4/h8-11,14,17H,5-7,12-13,18H2,1-4H3. The van der Waals surface area contributed by atoms with Crippen molar-refractivity contribution in [2.75, 3.05) is 19.6 Å². The summed E-state index contributed by atoms with van der Waals surface area (Å²) in [5.41, 5.74) is 8.76. The topological polar surface area (TPSA) is 29.3 Å². The molecule has 1 aromatic carbocycles. The maximum Gasteiger partial charge on any atom is 0.0470 e. The van der Waals surface area contributed by atoms with Gasteiger partial charge in [0.15, 0.2) is 0 Å². The van der Waals surface area contributed by atoms with Crippen LogP contribution in [0, 0.1) is 0 Å². The first-order valence-corrected chi connectivity index (χ1v) is 7.67. The van der Waals surface area contributed by atoms with E-state index in [1.807, 2.05) is 0 Å². The predicted molar refractivity (Wildman–Crippen MR) is 84.5 cm³/mol. The van der Waals surface area contributed by atoms with E-state index in [4.69, 9.17) is 5.73 Å². The highest BCUT2D eigenvalue weighted by molar-refractivity contribution is 5.27. The minimum Gasteiger partial charge on any atom is -0.329 e. The van der Waals surface area contributed by atoms with Crippen molar-refractivity contribution in [3.8, 4) is 0 Å². The number of benzene rings is 1. The van der Waals surface area contributed by atoms with E-state index in [-0.39, 0.29) is 0 Å². The van der Waals surface area contributed by atoms with Gasteiger partial charge in [0.05, 0.1) is 0 Å². The predicted octanol–water partition coefficient (Wildman–Crippen LogP) is 3.93. The van der Waals surface area contributed by atoms with Gasteiger partial charge in [0.1, 0.15) is 0 Å². The van der Waals surface area contributed by atoms with E-state index >= 15 is 0 Å². The Bertz CT molecular complexity index is 343. The molecule has 0 aliphatic carbocycles. The molecule has 1 rings (SSSR count). The highest BCUT2D eigenvalue weighted by Gasteiger charge is 2.17. The summed E-state index contributed by atoms with van der Waals surface area (Å²) in [5.74, 6) is 0.591. The molecule has 1 aromatic rings. The summed E-state index contributed by atoms with van der Waals surface area (Å²) in [4.78, 5) is 2.49. The number of unbranched alkanes of at least 4 members (excludes halogenated alkanes) is 1. The Hall–Kier alpha value is -0.860. The molecule has 0 aliphatic heterocycles. The molecular weight excluding hydrogens is 232 g/mol. The summed E-state index contributed by atoms with van der Waals surface area (Å²) in [5, 5.41) is 0. The first-order chi connectivity index (χ1) is 9.13. The monoisotopic (exact) mass is 262 g/mol. The van der Waals surface area contributed by atoms with Crippen LogP contribution in [0.4, 0.5) is 0 Å². The van der Waals surface area contributed by atoms with E-state index < -0.39 is 0 Å². The Balaban J connectivity index is 2.82. The average Bonchev–Trinajstić information content (AvgIpc) is 2.43. The SMILES string of the molecule is CCCCN(CC)C(CN)c1ccc(C(C)C)cc1. The third-order valence-corrected chi connectivity index (χ3v) is 3.86. The highest BCUT2D eigenvalue weighted by Crippen LogP contribution is 2.22.